The summed E-state index contributed by atoms with van der Waals surface area (Å²) in [7, 11) is 0. The number of amides is 1. The summed E-state index contributed by atoms with van der Waals surface area (Å²) in [5.74, 6) is 0.206. The van der Waals surface area contributed by atoms with Gasteiger partial charge in [0.05, 0.1) is 11.4 Å². The van der Waals surface area contributed by atoms with Gasteiger partial charge in [-0.05, 0) is 62.1 Å². The van der Waals surface area contributed by atoms with Gasteiger partial charge in [-0.1, -0.05) is 30.3 Å². The lowest BCUT2D eigenvalue weighted by atomic mass is 10.1. The predicted molar refractivity (Wildman–Crippen MR) is 104 cm³/mol. The highest BCUT2D eigenvalue weighted by molar-refractivity contribution is 5.95. The Balaban J connectivity index is 1.41. The minimum absolute atomic E-state index is 0.206. The number of nitrogens with zero attached hydrogens (tertiary/aromatic N) is 3. The zero-order valence-electron chi connectivity index (χ0n) is 15.3. The maximum atomic E-state index is 12.6. The van der Waals surface area contributed by atoms with Gasteiger partial charge in [0.15, 0.2) is 0 Å². The van der Waals surface area contributed by atoms with E-state index in [0.29, 0.717) is 6.42 Å². The molecule has 0 saturated carbocycles. The monoisotopic (exact) mass is 345 g/mol. The van der Waals surface area contributed by atoms with Crippen molar-refractivity contribution in [2.45, 2.75) is 33.1 Å². The second-order valence-corrected chi connectivity index (χ2v) is 6.93. The van der Waals surface area contributed by atoms with Crippen LogP contribution in [0.15, 0.2) is 54.6 Å². The van der Waals surface area contributed by atoms with Gasteiger partial charge in [-0.25, -0.2) is 4.68 Å². The summed E-state index contributed by atoms with van der Waals surface area (Å²) in [6, 6.07) is 18.6. The van der Waals surface area contributed by atoms with Crippen LogP contribution in [0.25, 0.3) is 5.69 Å². The molecule has 0 radical (unpaired) electrons. The summed E-state index contributed by atoms with van der Waals surface area (Å²) >= 11 is 0. The van der Waals surface area contributed by atoms with Crippen LogP contribution in [0.4, 0.5) is 5.69 Å². The number of para-hydroxylation sites is 1. The molecule has 0 aliphatic carbocycles. The van der Waals surface area contributed by atoms with Crippen molar-refractivity contribution < 1.29 is 4.79 Å². The van der Waals surface area contributed by atoms with Gasteiger partial charge in [0.25, 0.3) is 0 Å². The van der Waals surface area contributed by atoms with Crippen molar-refractivity contribution in [3.8, 4) is 5.69 Å². The Kier molecular flexibility index (Phi) is 4.33. The van der Waals surface area contributed by atoms with Crippen LogP contribution in [0.2, 0.25) is 0 Å². The van der Waals surface area contributed by atoms with E-state index in [4.69, 9.17) is 0 Å². The van der Waals surface area contributed by atoms with Crippen LogP contribution in [-0.2, 0) is 17.6 Å². The zero-order valence-corrected chi connectivity index (χ0v) is 15.3. The molecule has 1 amide bonds. The van der Waals surface area contributed by atoms with E-state index < -0.39 is 0 Å². The van der Waals surface area contributed by atoms with Crippen LogP contribution >= 0.6 is 0 Å². The molecule has 0 N–H and O–H groups in total. The molecule has 1 aromatic heterocycles. The lowest BCUT2D eigenvalue weighted by Gasteiger charge is -2.17. The average Bonchev–Trinajstić information content (AvgIpc) is 3.23. The number of carbonyl (C=O) groups excluding carboxylic acids is 1. The summed E-state index contributed by atoms with van der Waals surface area (Å²) in [6.45, 7) is 4.86. The van der Waals surface area contributed by atoms with Gasteiger partial charge in [-0.3, -0.25) is 4.79 Å². The molecule has 0 bridgehead atoms. The van der Waals surface area contributed by atoms with Gasteiger partial charge in [-0.2, -0.15) is 5.10 Å². The molecule has 0 fully saturated rings. The van der Waals surface area contributed by atoms with Gasteiger partial charge in [0, 0.05) is 24.3 Å². The highest BCUT2D eigenvalue weighted by atomic mass is 16.2. The van der Waals surface area contributed by atoms with Crippen LogP contribution < -0.4 is 4.90 Å². The average molecular weight is 345 g/mol. The van der Waals surface area contributed by atoms with Crippen LogP contribution in [0, 0.1) is 13.8 Å². The summed E-state index contributed by atoms with van der Waals surface area (Å²) < 4.78 is 1.95. The Morgan fingerprint density at radius 1 is 1.08 bits per heavy atom. The molecule has 26 heavy (non-hydrogen) atoms. The third-order valence-corrected chi connectivity index (χ3v) is 5.01. The number of hydrogen-bond acceptors (Lipinski definition) is 2. The van der Waals surface area contributed by atoms with E-state index in [9.17, 15) is 4.79 Å². The Labute approximate surface area is 154 Å². The normalized spacial score (nSPS) is 13.1. The van der Waals surface area contributed by atoms with E-state index >= 15 is 0 Å². The fourth-order valence-corrected chi connectivity index (χ4v) is 3.68. The quantitative estimate of drug-likeness (QED) is 0.716. The minimum atomic E-state index is 0.206. The highest BCUT2D eigenvalue weighted by Gasteiger charge is 2.23. The molecule has 1 aliphatic rings. The Morgan fingerprint density at radius 2 is 1.85 bits per heavy atom. The van der Waals surface area contributed by atoms with E-state index in [2.05, 4.69) is 48.4 Å². The highest BCUT2D eigenvalue weighted by Crippen LogP contribution is 2.28. The molecule has 4 heteroatoms. The zero-order chi connectivity index (χ0) is 18.1. The first-order valence-electron chi connectivity index (χ1n) is 9.13. The molecular formula is C22H23N3O. The van der Waals surface area contributed by atoms with E-state index in [-0.39, 0.29) is 5.91 Å². The van der Waals surface area contributed by atoms with E-state index in [0.717, 1.165) is 42.1 Å². The Bertz CT molecular complexity index is 940. The van der Waals surface area contributed by atoms with Crippen molar-refractivity contribution in [3.05, 3.63) is 77.1 Å². The van der Waals surface area contributed by atoms with E-state index in [1.54, 1.807) is 0 Å². The molecule has 4 rings (SSSR count). The second-order valence-electron chi connectivity index (χ2n) is 6.93. The molecule has 2 heterocycles. The maximum absolute atomic E-state index is 12.6. The SMILES string of the molecule is Cc1cc(C)n(-c2ccc(CCC(=O)N3CCc4ccccc43)cc2)n1. The van der Waals surface area contributed by atoms with Gasteiger partial charge in [0.2, 0.25) is 5.91 Å². The maximum Gasteiger partial charge on any atom is 0.227 e. The molecule has 0 saturated heterocycles. The fraction of sp³-hybridized carbons (Fsp3) is 0.273. The Hall–Kier alpha value is -2.88. The summed E-state index contributed by atoms with van der Waals surface area (Å²) in [6.07, 6.45) is 2.25. The lowest BCUT2D eigenvalue weighted by molar-refractivity contribution is -0.118. The third-order valence-electron chi connectivity index (χ3n) is 5.01. The summed E-state index contributed by atoms with van der Waals surface area (Å²) in [5, 5.41) is 4.51. The van der Waals surface area contributed by atoms with Gasteiger partial charge in [0.1, 0.15) is 0 Å². The van der Waals surface area contributed by atoms with Crippen molar-refractivity contribution in [1.82, 2.24) is 9.78 Å². The number of hydrogen-bond donors (Lipinski definition) is 0. The molecular weight excluding hydrogens is 322 g/mol. The van der Waals surface area contributed by atoms with Crippen LogP contribution in [-0.4, -0.2) is 22.2 Å². The van der Waals surface area contributed by atoms with Crippen LogP contribution in [0.1, 0.15) is 28.9 Å². The largest absolute Gasteiger partial charge is 0.312 e. The number of fused-ring (bicyclic) bond motifs is 1. The van der Waals surface area contributed by atoms with Crippen molar-refractivity contribution in [1.29, 1.82) is 0 Å². The van der Waals surface area contributed by atoms with Crippen molar-refractivity contribution >= 4 is 11.6 Å². The van der Waals surface area contributed by atoms with Gasteiger partial charge in [-0.15, -0.1) is 0 Å². The van der Waals surface area contributed by atoms with Crippen molar-refractivity contribution in [2.75, 3.05) is 11.4 Å². The molecule has 0 unspecified atom stereocenters. The van der Waals surface area contributed by atoms with Crippen molar-refractivity contribution in [2.24, 2.45) is 0 Å². The minimum Gasteiger partial charge on any atom is -0.312 e. The molecule has 3 aromatic rings. The third kappa shape index (κ3) is 3.15. The predicted octanol–water partition coefficient (Wildman–Crippen LogP) is 4.01. The number of rotatable bonds is 4. The summed E-state index contributed by atoms with van der Waals surface area (Å²) in [4.78, 5) is 14.6. The Morgan fingerprint density at radius 3 is 2.58 bits per heavy atom. The lowest BCUT2D eigenvalue weighted by Crippen LogP contribution is -2.29. The molecule has 0 spiro atoms. The number of carbonyl (C=O) groups is 1. The smallest absolute Gasteiger partial charge is 0.227 e. The molecule has 0 atom stereocenters. The first-order chi connectivity index (χ1) is 12.6. The first kappa shape index (κ1) is 16.6. The molecule has 1 aliphatic heterocycles. The second kappa shape index (κ2) is 6.79. The molecule has 2 aromatic carbocycles. The molecule has 132 valence electrons. The topological polar surface area (TPSA) is 38.1 Å². The first-order valence-corrected chi connectivity index (χ1v) is 9.13. The number of benzene rings is 2. The van der Waals surface area contributed by atoms with E-state index in [1.165, 1.54) is 11.1 Å². The molecule has 4 nitrogen and oxygen atoms in total. The van der Waals surface area contributed by atoms with Gasteiger partial charge >= 0.3 is 0 Å². The number of anilines is 1. The van der Waals surface area contributed by atoms with Gasteiger partial charge < -0.3 is 4.90 Å². The fourth-order valence-electron chi connectivity index (χ4n) is 3.68. The van der Waals surface area contributed by atoms with Crippen LogP contribution in [0.3, 0.4) is 0 Å². The summed E-state index contributed by atoms with van der Waals surface area (Å²) in [5.41, 5.74) is 6.73. The standard InChI is InChI=1S/C22H23N3O/c1-16-15-17(2)25(23-16)20-10-7-18(8-11-20)9-12-22(26)24-14-13-19-5-3-4-6-21(19)24/h3-8,10-11,15H,9,12-14H2,1-2H3. The van der Waals surface area contributed by atoms with Crippen molar-refractivity contribution in [3.63, 3.8) is 0 Å². The van der Waals surface area contributed by atoms with E-state index in [1.807, 2.05) is 34.7 Å². The number of aryl methyl sites for hydroxylation is 3. The number of aromatic nitrogens is 2. The van der Waals surface area contributed by atoms with Crippen LogP contribution in [0.5, 0.6) is 0 Å².